The third kappa shape index (κ3) is 3.63. The van der Waals surface area contributed by atoms with Gasteiger partial charge in [-0.2, -0.15) is 5.26 Å². The van der Waals surface area contributed by atoms with Crippen molar-refractivity contribution in [2.24, 2.45) is 5.92 Å². The maximum atomic E-state index is 12.5. The summed E-state index contributed by atoms with van der Waals surface area (Å²) in [6.45, 7) is 5.62. The van der Waals surface area contributed by atoms with E-state index in [1.807, 2.05) is 17.9 Å². The fraction of sp³-hybridized carbons (Fsp3) is 0.533. The molecule has 0 unspecified atom stereocenters. The van der Waals surface area contributed by atoms with Gasteiger partial charge in [-0.1, -0.05) is 18.7 Å². The summed E-state index contributed by atoms with van der Waals surface area (Å²) in [6.07, 6.45) is 2.08. The van der Waals surface area contributed by atoms with Crippen LogP contribution in [0.15, 0.2) is 11.1 Å². The number of amides is 1. The van der Waals surface area contributed by atoms with E-state index in [0.29, 0.717) is 16.6 Å². The molecular weight excluding hydrogens is 298 g/mol. The zero-order chi connectivity index (χ0) is 16.3. The Morgan fingerprint density at radius 1 is 1.50 bits per heavy atom. The van der Waals surface area contributed by atoms with Crippen LogP contribution in [-0.2, 0) is 4.79 Å². The number of hydrogen-bond acceptors (Lipinski definition) is 6. The Balaban J connectivity index is 2.10. The SMILES string of the molecule is CC1CCN(C(=O)[C@@H](C)Sc2nc(N)cc(N)c2C#N)CC1. The Morgan fingerprint density at radius 3 is 2.73 bits per heavy atom. The van der Waals surface area contributed by atoms with E-state index in [1.165, 1.54) is 17.8 Å². The summed E-state index contributed by atoms with van der Waals surface area (Å²) in [7, 11) is 0. The summed E-state index contributed by atoms with van der Waals surface area (Å²) in [5, 5.41) is 9.30. The number of hydrogen-bond donors (Lipinski definition) is 2. The molecule has 0 radical (unpaired) electrons. The minimum absolute atomic E-state index is 0.0728. The van der Waals surface area contributed by atoms with Crippen LogP contribution in [0.3, 0.4) is 0 Å². The molecule has 1 aliphatic rings. The van der Waals surface area contributed by atoms with Crippen LogP contribution in [0.25, 0.3) is 0 Å². The van der Waals surface area contributed by atoms with Gasteiger partial charge in [0, 0.05) is 19.2 Å². The van der Waals surface area contributed by atoms with Crippen LogP contribution in [0.5, 0.6) is 0 Å². The zero-order valence-corrected chi connectivity index (χ0v) is 13.7. The lowest BCUT2D eigenvalue weighted by Crippen LogP contribution is -2.41. The van der Waals surface area contributed by atoms with Gasteiger partial charge in [-0.05, 0) is 25.7 Å². The molecule has 118 valence electrons. The van der Waals surface area contributed by atoms with Gasteiger partial charge in [-0.25, -0.2) is 4.98 Å². The van der Waals surface area contributed by atoms with Crippen molar-refractivity contribution in [2.45, 2.75) is 37.0 Å². The Kier molecular flexibility index (Phi) is 5.14. The van der Waals surface area contributed by atoms with Gasteiger partial charge in [0.15, 0.2) is 0 Å². The number of rotatable bonds is 3. The van der Waals surface area contributed by atoms with Gasteiger partial charge in [0.05, 0.1) is 10.9 Å². The number of likely N-dealkylation sites (tertiary alicyclic amines) is 1. The van der Waals surface area contributed by atoms with Crippen LogP contribution in [0.2, 0.25) is 0 Å². The van der Waals surface area contributed by atoms with Gasteiger partial charge >= 0.3 is 0 Å². The van der Waals surface area contributed by atoms with E-state index < -0.39 is 0 Å². The molecular formula is C15H21N5OS. The summed E-state index contributed by atoms with van der Waals surface area (Å²) < 4.78 is 0. The van der Waals surface area contributed by atoms with Crippen molar-refractivity contribution in [3.05, 3.63) is 11.6 Å². The van der Waals surface area contributed by atoms with Crippen molar-refractivity contribution in [1.82, 2.24) is 9.88 Å². The molecule has 1 atom stereocenters. The first kappa shape index (κ1) is 16.4. The molecule has 2 heterocycles. The van der Waals surface area contributed by atoms with Gasteiger partial charge in [0.1, 0.15) is 22.5 Å². The molecule has 1 aromatic heterocycles. The second-order valence-corrected chi connectivity index (χ2v) is 7.03. The average Bonchev–Trinajstić information content (AvgIpc) is 2.47. The second kappa shape index (κ2) is 6.88. The number of carbonyl (C=O) groups is 1. The monoisotopic (exact) mass is 319 g/mol. The minimum Gasteiger partial charge on any atom is -0.397 e. The summed E-state index contributed by atoms with van der Waals surface area (Å²) in [5.74, 6) is 1.00. The van der Waals surface area contributed by atoms with E-state index in [1.54, 1.807) is 0 Å². The van der Waals surface area contributed by atoms with Crippen LogP contribution in [0.4, 0.5) is 11.5 Å². The Labute approximate surface area is 134 Å². The molecule has 22 heavy (non-hydrogen) atoms. The Morgan fingerprint density at radius 2 is 2.14 bits per heavy atom. The van der Waals surface area contributed by atoms with Crippen molar-refractivity contribution < 1.29 is 4.79 Å². The summed E-state index contributed by atoms with van der Waals surface area (Å²) >= 11 is 1.24. The summed E-state index contributed by atoms with van der Waals surface area (Å²) in [5.41, 5.74) is 12.1. The van der Waals surface area contributed by atoms with Crippen molar-refractivity contribution in [2.75, 3.05) is 24.6 Å². The van der Waals surface area contributed by atoms with Gasteiger partial charge < -0.3 is 16.4 Å². The molecule has 7 heteroatoms. The van der Waals surface area contributed by atoms with Crippen LogP contribution < -0.4 is 11.5 Å². The number of nitrogen functional groups attached to an aromatic ring is 2. The van der Waals surface area contributed by atoms with Crippen LogP contribution in [0, 0.1) is 17.2 Å². The number of thioether (sulfide) groups is 1. The molecule has 6 nitrogen and oxygen atoms in total. The predicted octanol–water partition coefficient (Wildman–Crippen LogP) is 1.86. The smallest absolute Gasteiger partial charge is 0.235 e. The highest BCUT2D eigenvalue weighted by Gasteiger charge is 2.26. The lowest BCUT2D eigenvalue weighted by atomic mass is 9.99. The third-order valence-electron chi connectivity index (χ3n) is 3.88. The first-order chi connectivity index (χ1) is 10.4. The molecule has 0 bridgehead atoms. The molecule has 1 amide bonds. The zero-order valence-electron chi connectivity index (χ0n) is 12.9. The van der Waals surface area contributed by atoms with Crippen LogP contribution >= 0.6 is 11.8 Å². The number of anilines is 2. The number of nitrogens with zero attached hydrogens (tertiary/aromatic N) is 3. The fourth-order valence-corrected chi connectivity index (χ4v) is 3.49. The van der Waals surface area contributed by atoms with E-state index in [2.05, 4.69) is 11.9 Å². The van der Waals surface area contributed by atoms with Crippen molar-refractivity contribution >= 4 is 29.2 Å². The molecule has 0 saturated carbocycles. The molecule has 1 aromatic rings. The normalized spacial score (nSPS) is 17.0. The number of nitriles is 1. The number of carbonyl (C=O) groups excluding carboxylic acids is 1. The molecule has 0 spiro atoms. The first-order valence-electron chi connectivity index (χ1n) is 7.34. The number of pyridine rings is 1. The molecule has 1 saturated heterocycles. The first-order valence-corrected chi connectivity index (χ1v) is 8.22. The predicted molar refractivity (Wildman–Crippen MR) is 88.1 cm³/mol. The maximum absolute atomic E-state index is 12.5. The van der Waals surface area contributed by atoms with E-state index in [9.17, 15) is 10.1 Å². The molecule has 1 aliphatic heterocycles. The topological polar surface area (TPSA) is 109 Å². The number of aromatic nitrogens is 1. The number of nitrogens with two attached hydrogens (primary N) is 2. The number of piperidine rings is 1. The van der Waals surface area contributed by atoms with Crippen LogP contribution in [-0.4, -0.2) is 34.1 Å². The Hall–Kier alpha value is -1.94. The van der Waals surface area contributed by atoms with E-state index in [0.717, 1.165) is 25.9 Å². The highest BCUT2D eigenvalue weighted by molar-refractivity contribution is 8.00. The van der Waals surface area contributed by atoms with E-state index in [4.69, 9.17) is 11.5 Å². The highest BCUT2D eigenvalue weighted by atomic mass is 32.2. The third-order valence-corrected chi connectivity index (χ3v) is 4.95. The highest BCUT2D eigenvalue weighted by Crippen LogP contribution is 2.30. The average molecular weight is 319 g/mol. The van der Waals surface area contributed by atoms with Gasteiger partial charge in [0.2, 0.25) is 5.91 Å². The summed E-state index contributed by atoms with van der Waals surface area (Å²) in [6, 6.07) is 3.49. The minimum atomic E-state index is -0.325. The van der Waals surface area contributed by atoms with Crippen molar-refractivity contribution in [3.63, 3.8) is 0 Å². The lowest BCUT2D eigenvalue weighted by molar-refractivity contribution is -0.131. The van der Waals surface area contributed by atoms with Gasteiger partial charge in [-0.15, -0.1) is 0 Å². The van der Waals surface area contributed by atoms with E-state index in [-0.39, 0.29) is 22.5 Å². The quantitative estimate of drug-likeness (QED) is 0.823. The van der Waals surface area contributed by atoms with Crippen molar-refractivity contribution in [3.8, 4) is 6.07 Å². The van der Waals surface area contributed by atoms with Gasteiger partial charge in [0.25, 0.3) is 0 Å². The maximum Gasteiger partial charge on any atom is 0.235 e. The molecule has 0 aromatic carbocycles. The standard InChI is InChI=1S/C15H21N5OS/c1-9-3-5-20(6-4-9)15(21)10(2)22-14-11(8-16)12(17)7-13(18)19-14/h7,9-10H,3-6H2,1-2H3,(H4,17,18,19)/t10-/m1/s1. The molecule has 0 aliphatic carbocycles. The fourth-order valence-electron chi connectivity index (χ4n) is 2.46. The van der Waals surface area contributed by atoms with Crippen LogP contribution in [0.1, 0.15) is 32.3 Å². The Bertz CT molecular complexity index is 605. The molecule has 2 rings (SSSR count). The van der Waals surface area contributed by atoms with E-state index >= 15 is 0 Å². The lowest BCUT2D eigenvalue weighted by Gasteiger charge is -2.32. The van der Waals surface area contributed by atoms with Crippen molar-refractivity contribution in [1.29, 1.82) is 5.26 Å². The largest absolute Gasteiger partial charge is 0.397 e. The summed E-state index contributed by atoms with van der Waals surface area (Å²) in [4.78, 5) is 18.6. The van der Waals surface area contributed by atoms with Gasteiger partial charge in [-0.3, -0.25) is 4.79 Å². The molecule has 4 N–H and O–H groups in total. The second-order valence-electron chi connectivity index (χ2n) is 5.70. The molecule has 1 fully saturated rings.